The van der Waals surface area contributed by atoms with Gasteiger partial charge in [-0.25, -0.2) is 0 Å². The summed E-state index contributed by atoms with van der Waals surface area (Å²) < 4.78 is 22.6. The summed E-state index contributed by atoms with van der Waals surface area (Å²) in [7, 11) is 1.71. The maximum absolute atomic E-state index is 5.90. The number of benzene rings is 1. The molecule has 4 atom stereocenters. The van der Waals surface area contributed by atoms with E-state index in [1.54, 1.807) is 7.11 Å². The van der Waals surface area contributed by atoms with Gasteiger partial charge in [-0.15, -0.1) is 0 Å². The first kappa shape index (κ1) is 12.1. The van der Waals surface area contributed by atoms with Crippen LogP contribution in [0.3, 0.4) is 0 Å². The summed E-state index contributed by atoms with van der Waals surface area (Å²) >= 11 is 0. The molecule has 2 bridgehead atoms. The quantitative estimate of drug-likeness (QED) is 0.815. The van der Waals surface area contributed by atoms with Crippen LogP contribution in [0, 0.1) is 0 Å². The van der Waals surface area contributed by atoms with E-state index in [1.165, 1.54) is 0 Å². The Balaban J connectivity index is 1.59. The molecule has 0 aliphatic carbocycles. The van der Waals surface area contributed by atoms with Gasteiger partial charge in [-0.1, -0.05) is 30.3 Å². The molecule has 2 fully saturated rings. The first-order chi connectivity index (χ1) is 8.86. The summed E-state index contributed by atoms with van der Waals surface area (Å²) in [6.45, 7) is 1.18. The van der Waals surface area contributed by atoms with Crippen molar-refractivity contribution in [3.63, 3.8) is 0 Å². The molecule has 0 radical (unpaired) electrons. The van der Waals surface area contributed by atoms with Gasteiger partial charge < -0.3 is 18.9 Å². The van der Waals surface area contributed by atoms with Crippen LogP contribution in [-0.2, 0) is 25.6 Å². The zero-order chi connectivity index (χ0) is 12.4. The van der Waals surface area contributed by atoms with Crippen LogP contribution in [0.2, 0.25) is 0 Å². The van der Waals surface area contributed by atoms with Gasteiger partial charge in [0.05, 0.1) is 19.3 Å². The van der Waals surface area contributed by atoms with Gasteiger partial charge in [0.15, 0.2) is 6.29 Å². The molecule has 0 spiro atoms. The Labute approximate surface area is 107 Å². The van der Waals surface area contributed by atoms with E-state index in [9.17, 15) is 0 Å². The van der Waals surface area contributed by atoms with Crippen molar-refractivity contribution >= 4 is 0 Å². The highest BCUT2D eigenvalue weighted by Gasteiger charge is 2.44. The molecule has 0 N–H and O–H groups in total. The second kappa shape index (κ2) is 5.36. The van der Waals surface area contributed by atoms with Gasteiger partial charge in [-0.2, -0.15) is 0 Å². The SMILES string of the molecule is CO[C@@H]1C[C@H](OCc2ccccc2)[C@@H]2OC[C@H]1O2. The fraction of sp³-hybridized carbons (Fsp3) is 0.571. The van der Waals surface area contributed by atoms with Gasteiger partial charge in [-0.3, -0.25) is 0 Å². The summed E-state index contributed by atoms with van der Waals surface area (Å²) in [5.41, 5.74) is 1.16. The zero-order valence-corrected chi connectivity index (χ0v) is 10.5. The molecule has 4 heteroatoms. The van der Waals surface area contributed by atoms with Gasteiger partial charge in [-0.05, 0) is 5.56 Å². The number of methoxy groups -OCH3 is 1. The van der Waals surface area contributed by atoms with Gasteiger partial charge in [0.1, 0.15) is 12.2 Å². The third kappa shape index (κ3) is 2.42. The fourth-order valence-corrected chi connectivity index (χ4v) is 2.49. The first-order valence-corrected chi connectivity index (χ1v) is 6.32. The van der Waals surface area contributed by atoms with E-state index >= 15 is 0 Å². The molecule has 2 saturated heterocycles. The Bertz CT molecular complexity index is 381. The van der Waals surface area contributed by atoms with Crippen LogP contribution in [0.4, 0.5) is 0 Å². The average molecular weight is 250 g/mol. The number of hydrogen-bond donors (Lipinski definition) is 0. The number of rotatable bonds is 4. The predicted molar refractivity (Wildman–Crippen MR) is 65.0 cm³/mol. The fourth-order valence-electron chi connectivity index (χ4n) is 2.49. The zero-order valence-electron chi connectivity index (χ0n) is 10.5. The largest absolute Gasteiger partial charge is 0.379 e. The van der Waals surface area contributed by atoms with Crippen molar-refractivity contribution in [2.75, 3.05) is 13.7 Å². The normalized spacial score (nSPS) is 34.7. The van der Waals surface area contributed by atoms with Crippen molar-refractivity contribution < 1.29 is 18.9 Å². The Morgan fingerprint density at radius 3 is 2.83 bits per heavy atom. The maximum Gasteiger partial charge on any atom is 0.184 e. The lowest BCUT2D eigenvalue weighted by Crippen LogP contribution is -2.43. The van der Waals surface area contributed by atoms with Crippen molar-refractivity contribution in [2.45, 2.75) is 37.6 Å². The van der Waals surface area contributed by atoms with Crippen molar-refractivity contribution in [3.05, 3.63) is 35.9 Å². The highest BCUT2D eigenvalue weighted by molar-refractivity contribution is 5.13. The van der Waals surface area contributed by atoms with E-state index < -0.39 is 0 Å². The van der Waals surface area contributed by atoms with E-state index in [0.717, 1.165) is 12.0 Å². The minimum absolute atomic E-state index is 0.0473. The molecule has 0 aromatic heterocycles. The molecule has 3 rings (SSSR count). The summed E-state index contributed by atoms with van der Waals surface area (Å²) in [6.07, 6.45) is 0.693. The highest BCUT2D eigenvalue weighted by Crippen LogP contribution is 2.31. The lowest BCUT2D eigenvalue weighted by Gasteiger charge is -2.32. The molecular weight excluding hydrogens is 232 g/mol. The molecular formula is C14H18O4. The Morgan fingerprint density at radius 2 is 2.06 bits per heavy atom. The molecule has 1 aromatic carbocycles. The van der Waals surface area contributed by atoms with Gasteiger partial charge in [0.25, 0.3) is 0 Å². The first-order valence-electron chi connectivity index (χ1n) is 6.32. The van der Waals surface area contributed by atoms with E-state index in [4.69, 9.17) is 18.9 Å². The molecule has 98 valence electrons. The summed E-state index contributed by atoms with van der Waals surface area (Å²) in [6, 6.07) is 10.1. The van der Waals surface area contributed by atoms with Crippen LogP contribution in [-0.4, -0.2) is 38.3 Å². The van der Waals surface area contributed by atoms with Crippen LogP contribution in [0.25, 0.3) is 0 Å². The summed E-state index contributed by atoms with van der Waals surface area (Å²) in [5.74, 6) is 0. The second-order valence-electron chi connectivity index (χ2n) is 4.72. The van der Waals surface area contributed by atoms with Crippen molar-refractivity contribution in [1.82, 2.24) is 0 Å². The summed E-state index contributed by atoms with van der Waals surface area (Å²) in [4.78, 5) is 0. The highest BCUT2D eigenvalue weighted by atomic mass is 16.7. The van der Waals surface area contributed by atoms with Crippen LogP contribution in [0.15, 0.2) is 30.3 Å². The van der Waals surface area contributed by atoms with Crippen LogP contribution >= 0.6 is 0 Å². The minimum atomic E-state index is -0.231. The maximum atomic E-state index is 5.90. The van der Waals surface area contributed by atoms with Crippen molar-refractivity contribution in [3.8, 4) is 0 Å². The van der Waals surface area contributed by atoms with Crippen LogP contribution in [0.1, 0.15) is 12.0 Å². The summed E-state index contributed by atoms with van der Waals surface area (Å²) in [5, 5.41) is 0. The molecule has 18 heavy (non-hydrogen) atoms. The van der Waals surface area contributed by atoms with E-state index in [1.807, 2.05) is 18.2 Å². The smallest absolute Gasteiger partial charge is 0.184 e. The number of fused-ring (bicyclic) bond motifs is 2. The standard InChI is InChI=1S/C14H18O4/c1-15-11-7-12(14-17-9-13(11)18-14)16-8-10-5-3-2-4-6-10/h2-6,11-14H,7-9H2,1H3/t11-,12+,13-,14-/m1/s1. The Kier molecular flexibility index (Phi) is 3.61. The van der Waals surface area contributed by atoms with Gasteiger partial charge in [0.2, 0.25) is 0 Å². The van der Waals surface area contributed by atoms with E-state index in [-0.39, 0.29) is 24.6 Å². The third-order valence-electron chi connectivity index (χ3n) is 3.53. The van der Waals surface area contributed by atoms with Crippen molar-refractivity contribution in [2.24, 2.45) is 0 Å². The number of hydrogen-bond acceptors (Lipinski definition) is 4. The van der Waals surface area contributed by atoms with Crippen molar-refractivity contribution in [1.29, 1.82) is 0 Å². The van der Waals surface area contributed by atoms with E-state index in [0.29, 0.717) is 13.2 Å². The monoisotopic (exact) mass is 250 g/mol. The molecule has 2 aliphatic rings. The van der Waals surface area contributed by atoms with Crippen LogP contribution in [0.5, 0.6) is 0 Å². The third-order valence-corrected chi connectivity index (χ3v) is 3.53. The molecule has 4 nitrogen and oxygen atoms in total. The lowest BCUT2D eigenvalue weighted by atomic mass is 10.0. The molecule has 0 saturated carbocycles. The predicted octanol–water partition coefficient (Wildman–Crippen LogP) is 1.73. The molecule has 0 amide bonds. The molecule has 0 unspecified atom stereocenters. The minimum Gasteiger partial charge on any atom is -0.379 e. The number of ether oxygens (including phenoxy) is 4. The van der Waals surface area contributed by atoms with E-state index in [2.05, 4.69) is 12.1 Å². The molecule has 2 heterocycles. The molecule has 1 aromatic rings. The molecule has 2 aliphatic heterocycles. The van der Waals surface area contributed by atoms with Gasteiger partial charge >= 0.3 is 0 Å². The van der Waals surface area contributed by atoms with Crippen LogP contribution < -0.4 is 0 Å². The Morgan fingerprint density at radius 1 is 1.22 bits per heavy atom. The lowest BCUT2D eigenvalue weighted by molar-refractivity contribution is -0.205. The topological polar surface area (TPSA) is 36.9 Å². The van der Waals surface area contributed by atoms with Gasteiger partial charge in [0, 0.05) is 13.5 Å². The second-order valence-corrected chi connectivity index (χ2v) is 4.72. The Hall–Kier alpha value is -0.940. The average Bonchev–Trinajstić information content (AvgIpc) is 2.84.